The average Bonchev–Trinajstić information content (AvgIpc) is 3.48. The number of benzene rings is 1. The smallest absolute Gasteiger partial charge is 0.253 e. The van der Waals surface area contributed by atoms with Crippen LogP contribution in [0.4, 0.5) is 5.13 Å². The van der Waals surface area contributed by atoms with Gasteiger partial charge in [0.05, 0.1) is 34.3 Å². The van der Waals surface area contributed by atoms with Crippen LogP contribution in [0, 0.1) is 6.92 Å². The third-order valence-corrected chi connectivity index (χ3v) is 7.24. The highest BCUT2D eigenvalue weighted by Gasteiger charge is 2.30. The van der Waals surface area contributed by atoms with E-state index in [1.807, 2.05) is 42.1 Å². The van der Waals surface area contributed by atoms with Crippen LogP contribution in [0.3, 0.4) is 0 Å². The Morgan fingerprint density at radius 2 is 1.97 bits per heavy atom. The second-order valence-electron chi connectivity index (χ2n) is 8.97. The molecule has 0 saturated carbocycles. The number of fused-ring (bicyclic) bond motifs is 3. The lowest BCUT2D eigenvalue weighted by Crippen LogP contribution is -2.25. The first kappa shape index (κ1) is 25.7. The van der Waals surface area contributed by atoms with Gasteiger partial charge in [0.25, 0.3) is 5.91 Å². The molecule has 3 heterocycles. The van der Waals surface area contributed by atoms with Crippen molar-refractivity contribution < 1.29 is 19.1 Å². The first-order chi connectivity index (χ1) is 18.4. The summed E-state index contributed by atoms with van der Waals surface area (Å²) in [5.41, 5.74) is 7.71. The lowest BCUT2D eigenvalue weighted by molar-refractivity contribution is -0.114. The highest BCUT2D eigenvalue weighted by Crippen LogP contribution is 2.44. The van der Waals surface area contributed by atoms with E-state index in [0.717, 1.165) is 62.9 Å². The summed E-state index contributed by atoms with van der Waals surface area (Å²) in [5.74, 6) is -0.407. The Labute approximate surface area is 224 Å². The molecule has 38 heavy (non-hydrogen) atoms. The lowest BCUT2D eigenvalue weighted by Gasteiger charge is -2.17. The number of nitrogens with zero attached hydrogens (tertiary/aromatic N) is 4. The van der Waals surface area contributed by atoms with Gasteiger partial charge in [0.15, 0.2) is 5.13 Å². The predicted octanol–water partition coefficient (Wildman–Crippen LogP) is 3.90. The second-order valence-corrected chi connectivity index (χ2v) is 9.97. The Hall–Kier alpha value is -3.93. The average molecular weight is 533 g/mol. The summed E-state index contributed by atoms with van der Waals surface area (Å²) in [6.45, 7) is 3.82. The van der Waals surface area contributed by atoms with Crippen molar-refractivity contribution in [1.29, 1.82) is 0 Å². The summed E-state index contributed by atoms with van der Waals surface area (Å²) in [7, 11) is 3.14. The molecule has 1 aliphatic carbocycles. The molecule has 2 N–H and O–H groups in total. The Kier molecular flexibility index (Phi) is 7.32. The van der Waals surface area contributed by atoms with E-state index in [1.165, 1.54) is 25.4 Å². The lowest BCUT2D eigenvalue weighted by atomic mass is 9.95. The SMILES string of the molecule is COCNC(=O)c1ccc(-n2nc(-c3ccc(C)nc3)c3c2-c2sc(NC(C)=O)nc2CC3)c(COC)c1. The number of aryl methyl sites for hydroxylation is 2. The van der Waals surface area contributed by atoms with Gasteiger partial charge in [-0.3, -0.25) is 14.6 Å². The van der Waals surface area contributed by atoms with Crippen LogP contribution >= 0.6 is 11.3 Å². The fraction of sp³-hybridized carbons (Fsp3) is 0.296. The summed E-state index contributed by atoms with van der Waals surface area (Å²) in [6.07, 6.45) is 3.32. The zero-order valence-electron chi connectivity index (χ0n) is 21.6. The molecule has 2 amide bonds. The number of ether oxygens (including phenoxy) is 2. The molecular weight excluding hydrogens is 504 g/mol. The maximum atomic E-state index is 12.6. The van der Waals surface area contributed by atoms with Gasteiger partial charge in [0.1, 0.15) is 6.73 Å². The molecule has 0 fully saturated rings. The number of thiazole rings is 1. The number of carbonyl (C=O) groups excluding carboxylic acids is 2. The number of nitrogens with one attached hydrogen (secondary N) is 2. The molecule has 4 aromatic rings. The molecule has 3 aromatic heterocycles. The van der Waals surface area contributed by atoms with Crippen LogP contribution in [0.5, 0.6) is 0 Å². The molecule has 5 rings (SSSR count). The molecule has 0 atom stereocenters. The highest BCUT2D eigenvalue weighted by atomic mass is 32.1. The number of amides is 2. The summed E-state index contributed by atoms with van der Waals surface area (Å²) in [4.78, 5) is 34.5. The van der Waals surface area contributed by atoms with Crippen molar-refractivity contribution in [2.75, 3.05) is 26.3 Å². The Morgan fingerprint density at radius 3 is 2.68 bits per heavy atom. The number of rotatable bonds is 8. The molecule has 0 radical (unpaired) electrons. The van der Waals surface area contributed by atoms with Crippen LogP contribution in [0.15, 0.2) is 36.5 Å². The molecular formula is C27H28N6O4S. The monoisotopic (exact) mass is 532 g/mol. The first-order valence-corrected chi connectivity index (χ1v) is 12.9. The molecule has 0 aliphatic heterocycles. The number of hydrogen-bond acceptors (Lipinski definition) is 8. The van der Waals surface area contributed by atoms with Gasteiger partial charge in [-0.05, 0) is 50.1 Å². The van der Waals surface area contributed by atoms with Crippen LogP contribution in [0.2, 0.25) is 0 Å². The minimum atomic E-state index is -0.241. The van der Waals surface area contributed by atoms with Gasteiger partial charge in [-0.2, -0.15) is 5.10 Å². The summed E-state index contributed by atoms with van der Waals surface area (Å²) < 4.78 is 12.4. The molecule has 0 unspecified atom stereocenters. The number of anilines is 1. The number of hydrogen-bond donors (Lipinski definition) is 2. The van der Waals surface area contributed by atoms with E-state index in [2.05, 4.69) is 20.6 Å². The maximum absolute atomic E-state index is 12.6. The van der Waals surface area contributed by atoms with Gasteiger partial charge in [0.2, 0.25) is 5.91 Å². The van der Waals surface area contributed by atoms with Crippen molar-refractivity contribution in [2.24, 2.45) is 0 Å². The molecule has 11 heteroatoms. The highest BCUT2D eigenvalue weighted by molar-refractivity contribution is 7.19. The quantitative estimate of drug-likeness (QED) is 0.330. The predicted molar refractivity (Wildman–Crippen MR) is 144 cm³/mol. The minimum absolute atomic E-state index is 0.117. The summed E-state index contributed by atoms with van der Waals surface area (Å²) in [5, 5.41) is 11.2. The Balaban J connectivity index is 1.70. The zero-order valence-corrected chi connectivity index (χ0v) is 22.4. The second kappa shape index (κ2) is 10.8. The van der Waals surface area contributed by atoms with Crippen molar-refractivity contribution in [1.82, 2.24) is 25.1 Å². The van der Waals surface area contributed by atoms with E-state index in [-0.39, 0.29) is 25.2 Å². The Morgan fingerprint density at radius 1 is 1.13 bits per heavy atom. The van der Waals surface area contributed by atoms with E-state index in [0.29, 0.717) is 10.7 Å². The van der Waals surface area contributed by atoms with E-state index in [1.54, 1.807) is 13.2 Å². The van der Waals surface area contributed by atoms with Gasteiger partial charge in [-0.1, -0.05) is 11.3 Å². The fourth-order valence-corrected chi connectivity index (χ4v) is 5.65. The van der Waals surface area contributed by atoms with E-state index >= 15 is 0 Å². The maximum Gasteiger partial charge on any atom is 0.253 e. The van der Waals surface area contributed by atoms with Crippen LogP contribution < -0.4 is 10.6 Å². The van der Waals surface area contributed by atoms with E-state index in [9.17, 15) is 9.59 Å². The minimum Gasteiger partial charge on any atom is -0.380 e. The van der Waals surface area contributed by atoms with Crippen LogP contribution in [-0.2, 0) is 33.7 Å². The zero-order chi connectivity index (χ0) is 26.8. The molecule has 0 spiro atoms. The van der Waals surface area contributed by atoms with Crippen molar-refractivity contribution in [2.45, 2.75) is 33.3 Å². The number of methoxy groups -OCH3 is 2. The van der Waals surface area contributed by atoms with Crippen molar-refractivity contribution in [3.63, 3.8) is 0 Å². The van der Waals surface area contributed by atoms with Crippen LogP contribution in [-0.4, -0.2) is 52.5 Å². The van der Waals surface area contributed by atoms with Gasteiger partial charge < -0.3 is 20.1 Å². The largest absolute Gasteiger partial charge is 0.380 e. The third kappa shape index (κ3) is 4.95. The normalized spacial score (nSPS) is 12.1. The molecule has 0 saturated heterocycles. The fourth-order valence-electron chi connectivity index (χ4n) is 4.53. The van der Waals surface area contributed by atoms with Crippen molar-refractivity contribution in [3.05, 3.63) is 64.6 Å². The molecule has 1 aromatic carbocycles. The number of carbonyl (C=O) groups is 2. The standard InChI is InChI=1S/C27H28N6O4S/c1-15-5-6-18(12-28-15)23-20-8-9-21-25(38-27(31-21)30-16(2)34)24(20)33(32-23)22-10-7-17(11-19(22)13-36-3)26(35)29-14-37-4/h5-7,10-12H,8-9,13-14H2,1-4H3,(H,29,35)(H,30,31,34). The number of pyridine rings is 1. The van der Waals surface area contributed by atoms with Crippen molar-refractivity contribution in [3.8, 4) is 27.5 Å². The van der Waals surface area contributed by atoms with Crippen LogP contribution in [0.25, 0.3) is 27.5 Å². The van der Waals surface area contributed by atoms with Gasteiger partial charge in [0, 0.05) is 55.3 Å². The molecule has 10 nitrogen and oxygen atoms in total. The van der Waals surface area contributed by atoms with E-state index in [4.69, 9.17) is 14.6 Å². The van der Waals surface area contributed by atoms with Gasteiger partial charge in [-0.25, -0.2) is 9.67 Å². The van der Waals surface area contributed by atoms with Crippen molar-refractivity contribution >= 4 is 28.3 Å². The van der Waals surface area contributed by atoms with Crippen LogP contribution in [0.1, 0.15) is 39.8 Å². The third-order valence-electron chi connectivity index (χ3n) is 6.22. The molecule has 0 bridgehead atoms. The van der Waals surface area contributed by atoms with Gasteiger partial charge in [-0.15, -0.1) is 0 Å². The summed E-state index contributed by atoms with van der Waals surface area (Å²) in [6, 6.07) is 9.45. The molecule has 196 valence electrons. The van der Waals surface area contributed by atoms with E-state index < -0.39 is 0 Å². The van der Waals surface area contributed by atoms with Gasteiger partial charge >= 0.3 is 0 Å². The number of aromatic nitrogens is 4. The molecule has 1 aliphatic rings. The topological polar surface area (TPSA) is 120 Å². The Bertz CT molecular complexity index is 1510. The summed E-state index contributed by atoms with van der Waals surface area (Å²) >= 11 is 1.43. The first-order valence-electron chi connectivity index (χ1n) is 12.1.